The first-order valence-electron chi connectivity index (χ1n) is 7.29. The number of fused-ring (bicyclic) bond motifs is 1. The zero-order valence-electron chi connectivity index (χ0n) is 12.3. The zero-order chi connectivity index (χ0) is 17.0. The Morgan fingerprint density at radius 2 is 1.70 bits per heavy atom. The number of hydrogen-bond acceptors (Lipinski definition) is 6. The number of aromatic carboxylic acids is 1. The maximum Gasteiger partial charge on any atom is 0.336 e. The molecule has 124 valence electrons. The number of carbonyl (C=O) groups is 1. The number of non-ortho nitro benzene ring substituents is 2. The second kappa shape index (κ2) is 7.14. The van der Waals surface area contributed by atoms with E-state index >= 15 is 0 Å². The lowest BCUT2D eigenvalue weighted by molar-refractivity contribution is -0.394. The predicted molar refractivity (Wildman–Crippen MR) is 80.5 cm³/mol. The van der Waals surface area contributed by atoms with Gasteiger partial charge in [-0.3, -0.25) is 20.2 Å². The molecule has 9 heteroatoms. The molecule has 1 aliphatic heterocycles. The first-order chi connectivity index (χ1) is 10.9. The molecule has 0 spiro atoms. The molecule has 1 saturated heterocycles. The summed E-state index contributed by atoms with van der Waals surface area (Å²) in [5.74, 6) is -0.392. The number of carboxylic acid groups (broad SMARTS) is 1. The van der Waals surface area contributed by atoms with E-state index in [0.717, 1.165) is 24.1 Å². The molecule has 1 aromatic carbocycles. The number of benzene rings is 1. The van der Waals surface area contributed by atoms with E-state index in [-0.39, 0.29) is 0 Å². The smallest absolute Gasteiger partial charge is 0.336 e. The van der Waals surface area contributed by atoms with Gasteiger partial charge in [0, 0.05) is 18.2 Å². The van der Waals surface area contributed by atoms with E-state index in [9.17, 15) is 25.0 Å². The van der Waals surface area contributed by atoms with Gasteiger partial charge in [0.1, 0.15) is 0 Å². The Labute approximate surface area is 131 Å². The third-order valence-corrected chi connectivity index (χ3v) is 4.15. The Kier molecular flexibility index (Phi) is 5.22. The van der Waals surface area contributed by atoms with Gasteiger partial charge in [-0.1, -0.05) is 6.42 Å². The lowest BCUT2D eigenvalue weighted by Crippen LogP contribution is -2.21. The quantitative estimate of drug-likeness (QED) is 0.643. The first kappa shape index (κ1) is 16.8. The number of carboxylic acids is 1. The Morgan fingerprint density at radius 3 is 2.17 bits per heavy atom. The molecular formula is C14H17N3O6. The maximum absolute atomic E-state index is 10.5. The molecule has 0 aromatic heterocycles. The summed E-state index contributed by atoms with van der Waals surface area (Å²) in [6, 6.07) is 3.15. The van der Waals surface area contributed by atoms with Gasteiger partial charge in [0.2, 0.25) is 0 Å². The highest BCUT2D eigenvalue weighted by Gasteiger charge is 2.30. The van der Waals surface area contributed by atoms with Crippen molar-refractivity contribution in [3.63, 3.8) is 0 Å². The third kappa shape index (κ3) is 4.22. The van der Waals surface area contributed by atoms with Crippen LogP contribution in [0.2, 0.25) is 0 Å². The van der Waals surface area contributed by atoms with E-state index < -0.39 is 32.8 Å². The third-order valence-electron chi connectivity index (χ3n) is 4.15. The van der Waals surface area contributed by atoms with Crippen molar-refractivity contribution in [2.45, 2.75) is 31.7 Å². The van der Waals surface area contributed by atoms with E-state index in [0.29, 0.717) is 6.07 Å². The van der Waals surface area contributed by atoms with Gasteiger partial charge in [-0.15, -0.1) is 0 Å². The van der Waals surface area contributed by atoms with Gasteiger partial charge in [0.15, 0.2) is 0 Å². The minimum Gasteiger partial charge on any atom is -0.478 e. The van der Waals surface area contributed by atoms with E-state index in [2.05, 4.69) is 5.32 Å². The molecule has 2 atom stereocenters. The molecule has 1 aliphatic carbocycles. The first-order valence-corrected chi connectivity index (χ1v) is 7.29. The Balaban J connectivity index is 0.000000198. The van der Waals surface area contributed by atoms with Gasteiger partial charge in [-0.05, 0) is 31.7 Å². The van der Waals surface area contributed by atoms with Crippen LogP contribution in [0.25, 0.3) is 0 Å². The average Bonchev–Trinajstić information content (AvgIpc) is 3.11. The molecule has 2 unspecified atom stereocenters. The minimum atomic E-state index is -1.46. The summed E-state index contributed by atoms with van der Waals surface area (Å²) < 4.78 is 0. The SMILES string of the molecule is C1CC2CCNC2C1.O=C(O)c1cc([N+](=O)[O-])cc([N+](=O)[O-])c1. The monoisotopic (exact) mass is 323 g/mol. The molecule has 2 N–H and O–H groups in total. The standard InChI is InChI=1S/C7H4N2O6.C7H13N/c10-7(11)4-1-5(8(12)13)3-6(2-4)9(14)15;1-2-6-4-5-8-7(6)3-1/h1-3H,(H,10,11);6-8H,1-5H2. The summed E-state index contributed by atoms with van der Waals surface area (Å²) in [6.45, 7) is 1.29. The van der Waals surface area contributed by atoms with Crippen LogP contribution >= 0.6 is 0 Å². The number of nitro benzene ring substituents is 2. The average molecular weight is 323 g/mol. The van der Waals surface area contributed by atoms with Gasteiger partial charge in [-0.2, -0.15) is 0 Å². The highest BCUT2D eigenvalue weighted by molar-refractivity contribution is 5.89. The van der Waals surface area contributed by atoms with Crippen molar-refractivity contribution >= 4 is 17.3 Å². The second-order valence-electron chi connectivity index (χ2n) is 5.60. The van der Waals surface area contributed by atoms with Crippen LogP contribution < -0.4 is 5.32 Å². The van der Waals surface area contributed by atoms with Crippen LogP contribution in [0, 0.1) is 26.1 Å². The van der Waals surface area contributed by atoms with Crippen molar-refractivity contribution in [2.24, 2.45) is 5.92 Å². The summed E-state index contributed by atoms with van der Waals surface area (Å²) in [7, 11) is 0. The topological polar surface area (TPSA) is 136 Å². The van der Waals surface area contributed by atoms with Crippen molar-refractivity contribution in [1.82, 2.24) is 5.32 Å². The van der Waals surface area contributed by atoms with Crippen molar-refractivity contribution in [3.8, 4) is 0 Å². The largest absolute Gasteiger partial charge is 0.478 e. The molecule has 1 saturated carbocycles. The zero-order valence-corrected chi connectivity index (χ0v) is 12.3. The molecule has 9 nitrogen and oxygen atoms in total. The van der Waals surface area contributed by atoms with Crippen molar-refractivity contribution in [2.75, 3.05) is 6.54 Å². The second-order valence-corrected chi connectivity index (χ2v) is 5.60. The molecule has 2 aliphatic rings. The highest BCUT2D eigenvalue weighted by Crippen LogP contribution is 2.31. The highest BCUT2D eigenvalue weighted by atomic mass is 16.6. The van der Waals surface area contributed by atoms with Gasteiger partial charge in [-0.25, -0.2) is 4.79 Å². The van der Waals surface area contributed by atoms with E-state index in [4.69, 9.17) is 5.11 Å². The summed E-state index contributed by atoms with van der Waals surface area (Å²) >= 11 is 0. The van der Waals surface area contributed by atoms with Gasteiger partial charge in [0.25, 0.3) is 11.4 Å². The fraction of sp³-hybridized carbons (Fsp3) is 0.500. The van der Waals surface area contributed by atoms with Crippen molar-refractivity contribution < 1.29 is 19.7 Å². The van der Waals surface area contributed by atoms with Crippen LogP contribution in [-0.4, -0.2) is 33.5 Å². The van der Waals surface area contributed by atoms with Gasteiger partial charge in [0.05, 0.1) is 21.5 Å². The molecule has 0 bridgehead atoms. The summed E-state index contributed by atoms with van der Waals surface area (Å²) in [4.78, 5) is 29.4. The number of rotatable bonds is 3. The lowest BCUT2D eigenvalue weighted by atomic mass is 10.1. The van der Waals surface area contributed by atoms with Crippen LogP contribution in [0.1, 0.15) is 36.0 Å². The number of nitrogens with one attached hydrogen (secondary N) is 1. The van der Waals surface area contributed by atoms with E-state index in [1.54, 1.807) is 0 Å². The molecule has 1 heterocycles. The summed E-state index contributed by atoms with van der Waals surface area (Å²) in [5, 5.41) is 32.8. The van der Waals surface area contributed by atoms with E-state index in [1.165, 1.54) is 32.2 Å². The fourth-order valence-electron chi connectivity index (χ4n) is 3.03. The van der Waals surface area contributed by atoms with Crippen LogP contribution in [0.5, 0.6) is 0 Å². The molecule has 3 rings (SSSR count). The normalized spacial score (nSPS) is 21.9. The Hall–Kier alpha value is -2.55. The maximum atomic E-state index is 10.5. The summed E-state index contributed by atoms with van der Waals surface area (Å²) in [6.07, 6.45) is 5.87. The van der Waals surface area contributed by atoms with Crippen molar-refractivity contribution in [1.29, 1.82) is 0 Å². The molecule has 23 heavy (non-hydrogen) atoms. The molecule has 1 aromatic rings. The fourth-order valence-corrected chi connectivity index (χ4v) is 3.03. The minimum absolute atomic E-state index is 0.490. The number of nitro groups is 2. The van der Waals surface area contributed by atoms with Crippen LogP contribution in [0.15, 0.2) is 18.2 Å². The van der Waals surface area contributed by atoms with Crippen molar-refractivity contribution in [3.05, 3.63) is 44.0 Å². The predicted octanol–water partition coefficient (Wildman–Crippen LogP) is 2.35. The Bertz CT molecular complexity index is 534. The Morgan fingerprint density at radius 1 is 1.09 bits per heavy atom. The molecular weight excluding hydrogens is 306 g/mol. The van der Waals surface area contributed by atoms with Crippen LogP contribution in [0.4, 0.5) is 11.4 Å². The molecule has 0 radical (unpaired) electrons. The molecule has 2 fully saturated rings. The lowest BCUT2D eigenvalue weighted by Gasteiger charge is -2.05. The molecule has 0 amide bonds. The van der Waals surface area contributed by atoms with Gasteiger partial charge < -0.3 is 10.4 Å². The number of hydrogen-bond donors (Lipinski definition) is 2. The van der Waals surface area contributed by atoms with Gasteiger partial charge >= 0.3 is 5.97 Å². The van der Waals surface area contributed by atoms with Crippen LogP contribution in [-0.2, 0) is 0 Å². The number of nitrogens with zero attached hydrogens (tertiary/aromatic N) is 2. The van der Waals surface area contributed by atoms with E-state index in [1.807, 2.05) is 0 Å². The summed E-state index contributed by atoms with van der Waals surface area (Å²) in [5.41, 5.74) is -1.74. The van der Waals surface area contributed by atoms with Crippen LogP contribution in [0.3, 0.4) is 0 Å².